The smallest absolute Gasteiger partial charge is 0.326 e. The summed E-state index contributed by atoms with van der Waals surface area (Å²) < 4.78 is 52.3. The Morgan fingerprint density at radius 2 is 2.00 bits per heavy atom. The zero-order valence-electron chi connectivity index (χ0n) is 9.38. The van der Waals surface area contributed by atoms with Crippen LogP contribution in [0.2, 0.25) is 0 Å². The summed E-state index contributed by atoms with van der Waals surface area (Å²) in [6, 6.07) is 2.85. The van der Waals surface area contributed by atoms with Crippen LogP contribution >= 0.6 is 15.9 Å². The van der Waals surface area contributed by atoms with Crippen molar-refractivity contribution in [2.45, 2.75) is 12.7 Å². The van der Waals surface area contributed by atoms with Crippen molar-refractivity contribution >= 4 is 15.9 Å². The molecule has 3 nitrogen and oxygen atoms in total. The Morgan fingerprint density at radius 1 is 1.32 bits per heavy atom. The van der Waals surface area contributed by atoms with Crippen molar-refractivity contribution < 1.29 is 17.6 Å². The minimum absolute atomic E-state index is 0.0837. The lowest BCUT2D eigenvalue weighted by Gasteiger charge is -2.08. The number of nitrogens with zero attached hydrogens (tertiary/aromatic N) is 2. The van der Waals surface area contributed by atoms with Crippen LogP contribution in [0.15, 0.2) is 29.0 Å². The second kappa shape index (κ2) is 4.93. The van der Waals surface area contributed by atoms with Gasteiger partial charge in [0.25, 0.3) is 0 Å². The van der Waals surface area contributed by atoms with Gasteiger partial charge in [0.05, 0.1) is 16.2 Å². The molecule has 2 rings (SSSR count). The van der Waals surface area contributed by atoms with Crippen molar-refractivity contribution in [3.05, 3.63) is 45.9 Å². The lowest BCUT2D eigenvalue weighted by atomic mass is 10.2. The Balaban J connectivity index is 2.48. The van der Waals surface area contributed by atoms with Gasteiger partial charge in [-0.25, -0.2) is 9.07 Å². The van der Waals surface area contributed by atoms with E-state index in [-0.39, 0.29) is 16.7 Å². The van der Waals surface area contributed by atoms with Gasteiger partial charge in [-0.3, -0.25) is 0 Å². The summed E-state index contributed by atoms with van der Waals surface area (Å²) in [5, 5.41) is 3.51. The largest absolute Gasteiger partial charge is 0.419 e. The average Bonchev–Trinajstić information content (AvgIpc) is 2.81. The Kier molecular flexibility index (Phi) is 3.64. The molecular weight excluding hydrogens is 330 g/mol. The van der Waals surface area contributed by atoms with E-state index >= 15 is 0 Å². The van der Waals surface area contributed by atoms with Crippen molar-refractivity contribution in [2.75, 3.05) is 0 Å². The van der Waals surface area contributed by atoms with Gasteiger partial charge >= 0.3 is 6.18 Å². The van der Waals surface area contributed by atoms with E-state index in [1.807, 2.05) is 0 Å². The summed E-state index contributed by atoms with van der Waals surface area (Å²) in [6.07, 6.45) is -3.14. The average molecular weight is 338 g/mol. The highest BCUT2D eigenvalue weighted by Crippen LogP contribution is 2.30. The van der Waals surface area contributed by atoms with E-state index in [9.17, 15) is 17.6 Å². The van der Waals surface area contributed by atoms with Crippen LogP contribution in [-0.2, 0) is 12.7 Å². The van der Waals surface area contributed by atoms with Gasteiger partial charge in [0, 0.05) is 12.7 Å². The molecule has 0 saturated heterocycles. The van der Waals surface area contributed by atoms with Gasteiger partial charge in [0.2, 0.25) is 0 Å². The van der Waals surface area contributed by atoms with Gasteiger partial charge in [0.1, 0.15) is 5.69 Å². The van der Waals surface area contributed by atoms with Gasteiger partial charge in [-0.2, -0.15) is 18.3 Å². The molecule has 0 unspecified atom stereocenters. The summed E-state index contributed by atoms with van der Waals surface area (Å²) in [5.74, 6) is -0.709. The van der Waals surface area contributed by atoms with Gasteiger partial charge < -0.3 is 5.73 Å². The van der Waals surface area contributed by atoms with E-state index in [1.54, 1.807) is 0 Å². The zero-order valence-corrected chi connectivity index (χ0v) is 11.0. The van der Waals surface area contributed by atoms with Gasteiger partial charge in [0.15, 0.2) is 5.82 Å². The van der Waals surface area contributed by atoms with Crippen LogP contribution in [0.5, 0.6) is 0 Å². The summed E-state index contributed by atoms with van der Waals surface area (Å²) in [6.45, 7) is 0.116. The van der Waals surface area contributed by atoms with E-state index in [0.29, 0.717) is 11.8 Å². The van der Waals surface area contributed by atoms with Gasteiger partial charge in [-0.05, 0) is 27.6 Å². The molecule has 2 N–H and O–H groups in total. The first-order chi connectivity index (χ1) is 8.84. The molecule has 0 radical (unpaired) electrons. The first kappa shape index (κ1) is 14.0. The number of rotatable bonds is 2. The van der Waals surface area contributed by atoms with Crippen LogP contribution in [0.3, 0.4) is 0 Å². The standard InChI is InChI=1S/C11H8BrF4N3/c12-9-6(3-17)1-2-8(10(9)13)19-5-7(4-18-19)11(14,15)16/h1-2,4-5H,3,17H2. The van der Waals surface area contributed by atoms with E-state index in [2.05, 4.69) is 21.0 Å². The quantitative estimate of drug-likeness (QED) is 0.855. The summed E-state index contributed by atoms with van der Waals surface area (Å²) in [7, 11) is 0. The molecule has 0 bridgehead atoms. The SMILES string of the molecule is NCc1ccc(-n2cc(C(F)(F)F)cn2)c(F)c1Br. The molecule has 1 aromatic carbocycles. The van der Waals surface area contributed by atoms with E-state index < -0.39 is 17.6 Å². The molecule has 1 aromatic heterocycles. The molecule has 0 saturated carbocycles. The Bertz CT molecular complexity index is 606. The number of aromatic nitrogens is 2. The van der Waals surface area contributed by atoms with Crippen molar-refractivity contribution in [2.24, 2.45) is 5.73 Å². The van der Waals surface area contributed by atoms with Crippen molar-refractivity contribution in [3.63, 3.8) is 0 Å². The third kappa shape index (κ3) is 2.64. The maximum Gasteiger partial charge on any atom is 0.419 e. The molecule has 102 valence electrons. The Labute approximate surface area is 114 Å². The highest BCUT2D eigenvalue weighted by atomic mass is 79.9. The van der Waals surface area contributed by atoms with Gasteiger partial charge in [-0.15, -0.1) is 0 Å². The second-order valence-corrected chi connectivity index (χ2v) is 4.54. The normalized spacial score (nSPS) is 11.9. The Hall–Kier alpha value is -1.41. The van der Waals surface area contributed by atoms with E-state index in [4.69, 9.17) is 5.73 Å². The first-order valence-electron chi connectivity index (χ1n) is 5.13. The maximum absolute atomic E-state index is 14.0. The number of nitrogens with two attached hydrogens (primary N) is 1. The van der Waals surface area contributed by atoms with E-state index in [1.165, 1.54) is 12.1 Å². The zero-order chi connectivity index (χ0) is 14.2. The number of hydrogen-bond donors (Lipinski definition) is 1. The van der Waals surface area contributed by atoms with Crippen LogP contribution < -0.4 is 5.73 Å². The molecule has 8 heteroatoms. The Morgan fingerprint density at radius 3 is 2.53 bits per heavy atom. The predicted molar refractivity (Wildman–Crippen MR) is 64.1 cm³/mol. The fourth-order valence-corrected chi connectivity index (χ4v) is 2.01. The van der Waals surface area contributed by atoms with Crippen molar-refractivity contribution in [3.8, 4) is 5.69 Å². The van der Waals surface area contributed by atoms with Crippen LogP contribution in [-0.4, -0.2) is 9.78 Å². The molecule has 0 atom stereocenters. The minimum atomic E-state index is -4.51. The number of benzene rings is 1. The molecular formula is C11H8BrF4N3. The van der Waals surface area contributed by atoms with Crippen LogP contribution in [0, 0.1) is 5.82 Å². The third-order valence-electron chi connectivity index (χ3n) is 2.52. The van der Waals surface area contributed by atoms with Crippen LogP contribution in [0.4, 0.5) is 17.6 Å². The molecule has 2 aromatic rings. The highest BCUT2D eigenvalue weighted by Gasteiger charge is 2.32. The first-order valence-corrected chi connectivity index (χ1v) is 5.93. The lowest BCUT2D eigenvalue weighted by molar-refractivity contribution is -0.137. The lowest BCUT2D eigenvalue weighted by Crippen LogP contribution is -2.05. The molecule has 19 heavy (non-hydrogen) atoms. The molecule has 1 heterocycles. The van der Waals surface area contributed by atoms with Crippen molar-refractivity contribution in [1.29, 1.82) is 0 Å². The molecule has 0 amide bonds. The van der Waals surface area contributed by atoms with E-state index in [0.717, 1.165) is 10.9 Å². The second-order valence-electron chi connectivity index (χ2n) is 3.75. The summed E-state index contributed by atoms with van der Waals surface area (Å²) >= 11 is 3.02. The van der Waals surface area contributed by atoms with Crippen LogP contribution in [0.25, 0.3) is 5.69 Å². The maximum atomic E-state index is 14.0. The van der Waals surface area contributed by atoms with Crippen LogP contribution in [0.1, 0.15) is 11.1 Å². The fraction of sp³-hybridized carbons (Fsp3) is 0.182. The molecule has 0 aliphatic rings. The molecule has 0 aliphatic carbocycles. The highest BCUT2D eigenvalue weighted by molar-refractivity contribution is 9.10. The number of alkyl halides is 3. The topological polar surface area (TPSA) is 43.8 Å². The molecule has 0 fully saturated rings. The summed E-state index contributed by atoms with van der Waals surface area (Å²) in [4.78, 5) is 0. The number of halogens is 5. The molecule has 0 spiro atoms. The predicted octanol–water partition coefficient (Wildman–Crippen LogP) is 3.25. The fourth-order valence-electron chi connectivity index (χ4n) is 1.51. The summed E-state index contributed by atoms with van der Waals surface area (Å²) in [5.41, 5.74) is 4.90. The molecule has 0 aliphatic heterocycles. The van der Waals surface area contributed by atoms with Crippen molar-refractivity contribution in [1.82, 2.24) is 9.78 Å². The van der Waals surface area contributed by atoms with Gasteiger partial charge in [-0.1, -0.05) is 6.07 Å². The monoisotopic (exact) mass is 337 g/mol. The third-order valence-corrected chi connectivity index (χ3v) is 3.38. The number of hydrogen-bond acceptors (Lipinski definition) is 2. The minimum Gasteiger partial charge on any atom is -0.326 e.